The van der Waals surface area contributed by atoms with E-state index in [4.69, 9.17) is 9.47 Å². The zero-order valence-electron chi connectivity index (χ0n) is 17.0. The number of hydrogen-bond donors (Lipinski definition) is 2. The van der Waals surface area contributed by atoms with Crippen molar-refractivity contribution in [1.29, 1.82) is 0 Å². The fraction of sp³-hybridized carbons (Fsp3) is 0.524. The van der Waals surface area contributed by atoms with Crippen LogP contribution in [0.15, 0.2) is 35.1 Å². The number of aliphatic hydroxyl groups excluding tert-OH is 2. The van der Waals surface area contributed by atoms with Crippen molar-refractivity contribution in [3.8, 4) is 0 Å². The van der Waals surface area contributed by atoms with Crippen LogP contribution in [0.4, 0.5) is 0 Å². The standard InChI is InChI=1S/C21H26O8/c1-12(22)15(23)8-9-21(4)28-18(26)14(19(27)29-21)7-5-6-13-16(24)10-20(2,3)11-17(13)25/h5-7,12,22,24H,8-11H2,1-4H3/b6-5+,14-7?. The lowest BCUT2D eigenvalue weighted by atomic mass is 9.76. The highest BCUT2D eigenvalue weighted by Gasteiger charge is 2.42. The van der Waals surface area contributed by atoms with Gasteiger partial charge in [0.15, 0.2) is 11.6 Å². The minimum atomic E-state index is -1.61. The Hall–Kier alpha value is -2.74. The fourth-order valence-corrected chi connectivity index (χ4v) is 3.14. The van der Waals surface area contributed by atoms with E-state index in [0.717, 1.165) is 6.08 Å². The van der Waals surface area contributed by atoms with Crippen LogP contribution in [-0.2, 0) is 28.7 Å². The first-order chi connectivity index (χ1) is 13.3. The molecule has 0 saturated carbocycles. The highest BCUT2D eigenvalue weighted by Crippen LogP contribution is 2.36. The number of ketones is 2. The molecule has 1 saturated heterocycles. The summed E-state index contributed by atoms with van der Waals surface area (Å²) in [5, 5.41) is 19.3. The number of carbonyl (C=O) groups is 4. The second-order valence-corrected chi connectivity index (χ2v) is 8.30. The summed E-state index contributed by atoms with van der Waals surface area (Å²) in [5.41, 5.74) is -0.558. The predicted molar refractivity (Wildman–Crippen MR) is 101 cm³/mol. The number of cyclic esters (lactones) is 2. The van der Waals surface area contributed by atoms with E-state index in [-0.39, 0.29) is 47.4 Å². The first-order valence-electron chi connectivity index (χ1n) is 9.35. The molecule has 0 bridgehead atoms. The van der Waals surface area contributed by atoms with Gasteiger partial charge < -0.3 is 19.7 Å². The largest absolute Gasteiger partial charge is 0.512 e. The van der Waals surface area contributed by atoms with Gasteiger partial charge in [-0.15, -0.1) is 0 Å². The lowest BCUT2D eigenvalue weighted by molar-refractivity contribution is -0.231. The number of rotatable bonds is 6. The monoisotopic (exact) mass is 406 g/mol. The summed E-state index contributed by atoms with van der Waals surface area (Å²) in [4.78, 5) is 48.1. The summed E-state index contributed by atoms with van der Waals surface area (Å²) in [7, 11) is 0. The van der Waals surface area contributed by atoms with Gasteiger partial charge in [0.25, 0.3) is 5.79 Å². The molecule has 1 heterocycles. The molecule has 1 atom stereocenters. The lowest BCUT2D eigenvalue weighted by Crippen LogP contribution is -2.44. The van der Waals surface area contributed by atoms with Gasteiger partial charge >= 0.3 is 11.9 Å². The van der Waals surface area contributed by atoms with Gasteiger partial charge in [-0.05, 0) is 24.5 Å². The van der Waals surface area contributed by atoms with E-state index < -0.39 is 29.6 Å². The topological polar surface area (TPSA) is 127 Å². The minimum Gasteiger partial charge on any atom is -0.512 e. The van der Waals surface area contributed by atoms with Crippen LogP contribution in [0.1, 0.15) is 53.4 Å². The van der Waals surface area contributed by atoms with E-state index in [0.29, 0.717) is 6.42 Å². The van der Waals surface area contributed by atoms with E-state index >= 15 is 0 Å². The zero-order chi connectivity index (χ0) is 22.0. The Morgan fingerprint density at radius 2 is 1.72 bits per heavy atom. The molecule has 1 aliphatic carbocycles. The first-order valence-corrected chi connectivity index (χ1v) is 9.35. The molecular formula is C21H26O8. The van der Waals surface area contributed by atoms with Gasteiger partial charge in [0.1, 0.15) is 17.4 Å². The number of Topliss-reactive ketones (excluding diaryl/α,β-unsaturated/α-hetero) is 2. The molecule has 0 amide bonds. The van der Waals surface area contributed by atoms with Gasteiger partial charge in [-0.1, -0.05) is 19.9 Å². The summed E-state index contributed by atoms with van der Waals surface area (Å²) < 4.78 is 10.3. The number of allylic oxidation sites excluding steroid dienone is 5. The lowest BCUT2D eigenvalue weighted by Gasteiger charge is -2.33. The normalized spacial score (nSPS) is 25.7. The molecular weight excluding hydrogens is 380 g/mol. The Kier molecular flexibility index (Phi) is 6.47. The van der Waals surface area contributed by atoms with Crippen molar-refractivity contribution in [1.82, 2.24) is 0 Å². The van der Waals surface area contributed by atoms with Crippen molar-refractivity contribution < 1.29 is 38.9 Å². The van der Waals surface area contributed by atoms with Gasteiger partial charge in [0, 0.05) is 32.6 Å². The van der Waals surface area contributed by atoms with Crippen molar-refractivity contribution in [2.45, 2.75) is 65.3 Å². The average molecular weight is 406 g/mol. The zero-order valence-corrected chi connectivity index (χ0v) is 17.0. The van der Waals surface area contributed by atoms with Crippen LogP contribution in [-0.4, -0.2) is 45.6 Å². The molecule has 1 fully saturated rings. The van der Waals surface area contributed by atoms with Crippen LogP contribution in [0.3, 0.4) is 0 Å². The molecule has 2 aliphatic rings. The molecule has 0 aromatic carbocycles. The third-order valence-electron chi connectivity index (χ3n) is 4.77. The third kappa shape index (κ3) is 5.63. The van der Waals surface area contributed by atoms with Crippen molar-refractivity contribution in [2.24, 2.45) is 5.41 Å². The Balaban J connectivity index is 2.09. The average Bonchev–Trinajstić information content (AvgIpc) is 2.56. The molecule has 8 heteroatoms. The maximum absolute atomic E-state index is 12.2. The van der Waals surface area contributed by atoms with Crippen LogP contribution in [0, 0.1) is 5.41 Å². The summed E-state index contributed by atoms with van der Waals surface area (Å²) in [6.45, 7) is 6.44. The summed E-state index contributed by atoms with van der Waals surface area (Å²) in [5.74, 6) is -4.18. The smallest absolute Gasteiger partial charge is 0.348 e. The maximum Gasteiger partial charge on any atom is 0.348 e. The van der Waals surface area contributed by atoms with E-state index in [1.54, 1.807) is 0 Å². The second kappa shape index (κ2) is 8.32. The van der Waals surface area contributed by atoms with Gasteiger partial charge in [-0.2, -0.15) is 0 Å². The van der Waals surface area contributed by atoms with E-state index in [1.807, 2.05) is 13.8 Å². The second-order valence-electron chi connectivity index (χ2n) is 8.30. The van der Waals surface area contributed by atoms with Gasteiger partial charge in [0.05, 0.1) is 5.57 Å². The molecule has 8 nitrogen and oxygen atoms in total. The minimum absolute atomic E-state index is 0.0370. The van der Waals surface area contributed by atoms with Crippen molar-refractivity contribution >= 4 is 23.5 Å². The molecule has 0 radical (unpaired) electrons. The molecule has 1 aliphatic heterocycles. The molecule has 29 heavy (non-hydrogen) atoms. The van der Waals surface area contributed by atoms with Crippen LogP contribution in [0.2, 0.25) is 0 Å². The van der Waals surface area contributed by atoms with Gasteiger partial charge in [-0.25, -0.2) is 9.59 Å². The predicted octanol–water partition coefficient (Wildman–Crippen LogP) is 2.22. The van der Waals surface area contributed by atoms with E-state index in [9.17, 15) is 29.4 Å². The van der Waals surface area contributed by atoms with E-state index in [1.165, 1.54) is 26.0 Å². The molecule has 0 spiro atoms. The summed E-state index contributed by atoms with van der Waals surface area (Å²) >= 11 is 0. The molecule has 158 valence electrons. The quantitative estimate of drug-likeness (QED) is 0.390. The number of aliphatic hydroxyl groups is 2. The molecule has 1 unspecified atom stereocenters. The Morgan fingerprint density at radius 1 is 1.14 bits per heavy atom. The SMILES string of the molecule is CC(O)C(=O)CCC1(C)OC(=O)C(=C/C=C/C2=C(O)CC(C)(C)CC2=O)C(=O)O1. The molecule has 2 rings (SSSR count). The summed E-state index contributed by atoms with van der Waals surface area (Å²) in [6.07, 6.45) is 3.06. The summed E-state index contributed by atoms with van der Waals surface area (Å²) in [6, 6.07) is 0. The first kappa shape index (κ1) is 22.5. The Morgan fingerprint density at radius 3 is 2.24 bits per heavy atom. The van der Waals surface area contributed by atoms with Crippen LogP contribution in [0.25, 0.3) is 0 Å². The highest BCUT2D eigenvalue weighted by atomic mass is 16.7. The van der Waals surface area contributed by atoms with E-state index in [2.05, 4.69) is 0 Å². The van der Waals surface area contributed by atoms with Crippen LogP contribution in [0.5, 0.6) is 0 Å². The molecule has 0 aromatic heterocycles. The van der Waals surface area contributed by atoms with Crippen LogP contribution >= 0.6 is 0 Å². The Bertz CT molecular complexity index is 806. The number of hydrogen-bond acceptors (Lipinski definition) is 8. The van der Waals surface area contributed by atoms with Crippen molar-refractivity contribution in [3.63, 3.8) is 0 Å². The van der Waals surface area contributed by atoms with Gasteiger partial charge in [-0.3, -0.25) is 9.59 Å². The number of esters is 2. The maximum atomic E-state index is 12.2. The number of carbonyl (C=O) groups excluding carboxylic acids is 4. The van der Waals surface area contributed by atoms with Gasteiger partial charge in [0.2, 0.25) is 0 Å². The van der Waals surface area contributed by atoms with Crippen molar-refractivity contribution in [2.75, 3.05) is 0 Å². The molecule has 2 N–H and O–H groups in total. The highest BCUT2D eigenvalue weighted by molar-refractivity contribution is 6.15. The van der Waals surface area contributed by atoms with Crippen LogP contribution < -0.4 is 0 Å². The van der Waals surface area contributed by atoms with Crippen molar-refractivity contribution in [3.05, 3.63) is 35.1 Å². The third-order valence-corrected chi connectivity index (χ3v) is 4.77. The fourth-order valence-electron chi connectivity index (χ4n) is 3.14. The Labute approximate surface area is 168 Å². The number of ether oxygens (including phenoxy) is 2. The molecule has 0 aromatic rings.